The van der Waals surface area contributed by atoms with Gasteiger partial charge in [-0.1, -0.05) is 129 Å². The molecule has 4 heteroatoms. The van der Waals surface area contributed by atoms with Crippen molar-refractivity contribution >= 4 is 55.0 Å². The van der Waals surface area contributed by atoms with Gasteiger partial charge in [-0.25, -0.2) is 0 Å². The van der Waals surface area contributed by atoms with Gasteiger partial charge in [-0.3, -0.25) is 4.98 Å². The van der Waals surface area contributed by atoms with E-state index in [0.29, 0.717) is 0 Å². The van der Waals surface area contributed by atoms with Gasteiger partial charge in [0.15, 0.2) is 0 Å². The topological polar surface area (TPSA) is 26.0 Å². The molecule has 294 valence electrons. The normalized spacial score (nSPS) is 13.9. The van der Waals surface area contributed by atoms with Crippen molar-refractivity contribution in [2.75, 3.05) is 11.4 Å². The number of aromatic nitrogens is 3. The Hall–Kier alpha value is -7.69. The number of hydrogen-bond donors (Lipinski definition) is 0. The van der Waals surface area contributed by atoms with Crippen LogP contribution in [0.1, 0.15) is 25.8 Å². The molecule has 0 bridgehead atoms. The molecule has 2 aliphatic rings. The Balaban J connectivity index is 1.12. The zero-order valence-corrected chi connectivity index (χ0v) is 34.7. The molecule has 3 aromatic heterocycles. The van der Waals surface area contributed by atoms with E-state index in [1.54, 1.807) is 0 Å². The van der Waals surface area contributed by atoms with Crippen molar-refractivity contribution in [2.45, 2.75) is 25.7 Å². The van der Waals surface area contributed by atoms with Crippen LogP contribution in [0.4, 0.5) is 11.4 Å². The second-order valence-corrected chi connectivity index (χ2v) is 17.6. The fourth-order valence-electron chi connectivity index (χ4n) is 10.9. The smallest absolute Gasteiger partial charge is 0.0786 e. The summed E-state index contributed by atoms with van der Waals surface area (Å²) in [5.41, 5.74) is 20.3. The molecule has 0 unspecified atom stereocenters. The summed E-state index contributed by atoms with van der Waals surface area (Å²) in [6.45, 7) is 5.75. The van der Waals surface area contributed by atoms with E-state index < -0.39 is 0 Å². The van der Waals surface area contributed by atoms with Gasteiger partial charge in [-0.15, -0.1) is 0 Å². The van der Waals surface area contributed by atoms with E-state index >= 15 is 0 Å². The van der Waals surface area contributed by atoms with Crippen LogP contribution in [0.5, 0.6) is 0 Å². The standard InChI is InChI=1S/C58H42N4/c1-58(2)31-33-60(37-16-4-3-5-17-37)55-36-46-44-23-14-28-54(56(44)43-22-7-6-18-39(43)45-24-15-32-59-57(45)48(46)35-49(55)58)62-52-27-13-10-21-42(52)47-34-38(29-30-53(47)62)61-50-25-11-8-19-40(50)41-20-9-12-26-51(41)61/h3-30,32,34-36H,31,33H2,1-2H3. The minimum Gasteiger partial charge on any atom is -0.341 e. The largest absolute Gasteiger partial charge is 0.341 e. The SMILES string of the molecule is CC1(C)CCN(c2ccccc2)c2cc3c(cc21)-c1ncccc1-c1ccccc1-c1c-3cccc1-n1c2ccccc2c2cc(-n3c4ccccc4c4ccccc43)ccc21. The van der Waals surface area contributed by atoms with Crippen molar-refractivity contribution in [2.24, 2.45) is 0 Å². The summed E-state index contributed by atoms with van der Waals surface area (Å²) in [5.74, 6) is 0. The van der Waals surface area contributed by atoms with Crippen LogP contribution >= 0.6 is 0 Å². The van der Waals surface area contributed by atoms with Gasteiger partial charge in [-0.05, 0) is 112 Å². The van der Waals surface area contributed by atoms with E-state index in [2.05, 4.69) is 216 Å². The summed E-state index contributed by atoms with van der Waals surface area (Å²) in [4.78, 5) is 7.73. The number of nitrogens with zero attached hydrogens (tertiary/aromatic N) is 4. The molecular weight excluding hydrogens is 753 g/mol. The van der Waals surface area contributed by atoms with E-state index in [9.17, 15) is 0 Å². The predicted octanol–water partition coefficient (Wildman–Crippen LogP) is 15.1. The third kappa shape index (κ3) is 4.98. The van der Waals surface area contributed by atoms with E-state index in [4.69, 9.17) is 4.98 Å². The molecule has 0 radical (unpaired) electrons. The van der Waals surface area contributed by atoms with Crippen LogP contribution in [0, 0.1) is 0 Å². The lowest BCUT2D eigenvalue weighted by Crippen LogP contribution is -2.34. The van der Waals surface area contributed by atoms with E-state index in [0.717, 1.165) is 35.6 Å². The molecule has 13 rings (SSSR count). The monoisotopic (exact) mass is 794 g/mol. The molecule has 62 heavy (non-hydrogen) atoms. The Morgan fingerprint density at radius 1 is 0.419 bits per heavy atom. The zero-order valence-electron chi connectivity index (χ0n) is 34.7. The minimum atomic E-state index is -0.0173. The number of rotatable bonds is 3. The molecule has 0 fully saturated rings. The van der Waals surface area contributed by atoms with Crippen molar-refractivity contribution < 1.29 is 0 Å². The van der Waals surface area contributed by atoms with Gasteiger partial charge in [-0.2, -0.15) is 0 Å². The molecular formula is C58H42N4. The second-order valence-electron chi connectivity index (χ2n) is 17.6. The van der Waals surface area contributed by atoms with E-state index in [-0.39, 0.29) is 5.41 Å². The Kier molecular flexibility index (Phi) is 7.45. The van der Waals surface area contributed by atoms with Crippen LogP contribution in [0.25, 0.3) is 99.6 Å². The third-order valence-corrected chi connectivity index (χ3v) is 13.8. The fourth-order valence-corrected chi connectivity index (χ4v) is 10.9. The van der Waals surface area contributed by atoms with Crippen molar-refractivity contribution in [3.8, 4) is 56.0 Å². The quantitative estimate of drug-likeness (QED) is 0.178. The predicted molar refractivity (Wildman–Crippen MR) is 259 cm³/mol. The van der Waals surface area contributed by atoms with Crippen LogP contribution in [0.2, 0.25) is 0 Å². The number of fused-ring (bicyclic) bond motifs is 15. The number of pyridine rings is 1. The van der Waals surface area contributed by atoms with E-state index in [1.165, 1.54) is 93.9 Å². The Labute approximate surface area is 360 Å². The molecule has 1 aliphatic carbocycles. The fraction of sp³-hybridized carbons (Fsp3) is 0.0862. The first-order chi connectivity index (χ1) is 30.5. The molecule has 0 atom stereocenters. The van der Waals surface area contributed by atoms with Gasteiger partial charge in [0.25, 0.3) is 0 Å². The highest BCUT2D eigenvalue weighted by molar-refractivity contribution is 6.14. The summed E-state index contributed by atoms with van der Waals surface area (Å²) in [7, 11) is 0. The van der Waals surface area contributed by atoms with E-state index in [1.807, 2.05) is 6.20 Å². The van der Waals surface area contributed by atoms with Gasteiger partial charge in [0.2, 0.25) is 0 Å². The van der Waals surface area contributed by atoms with Crippen molar-refractivity contribution in [1.82, 2.24) is 14.1 Å². The Morgan fingerprint density at radius 3 is 1.79 bits per heavy atom. The first-order valence-corrected chi connectivity index (χ1v) is 21.8. The third-order valence-electron chi connectivity index (χ3n) is 13.8. The lowest BCUT2D eigenvalue weighted by Gasteiger charge is -2.41. The van der Waals surface area contributed by atoms with Crippen molar-refractivity contribution in [1.29, 1.82) is 0 Å². The molecule has 4 nitrogen and oxygen atoms in total. The summed E-state index contributed by atoms with van der Waals surface area (Å²) in [5, 5.41) is 4.98. The first-order valence-electron chi connectivity index (χ1n) is 21.8. The molecule has 0 amide bonds. The van der Waals surface area contributed by atoms with Crippen molar-refractivity contribution in [3.05, 3.63) is 200 Å². The highest BCUT2D eigenvalue weighted by atomic mass is 15.1. The summed E-state index contributed by atoms with van der Waals surface area (Å²) in [6, 6.07) is 69.6. The zero-order chi connectivity index (χ0) is 41.1. The average Bonchev–Trinajstić information content (AvgIpc) is 3.83. The highest BCUT2D eigenvalue weighted by Gasteiger charge is 2.35. The number of para-hydroxylation sites is 4. The molecule has 0 N–H and O–H groups in total. The number of anilines is 2. The molecule has 1 aliphatic heterocycles. The maximum absolute atomic E-state index is 5.21. The van der Waals surface area contributed by atoms with Gasteiger partial charge in [0.1, 0.15) is 0 Å². The molecule has 11 aromatic rings. The molecule has 0 spiro atoms. The van der Waals surface area contributed by atoms with Gasteiger partial charge >= 0.3 is 0 Å². The Bertz CT molecular complexity index is 3570. The van der Waals surface area contributed by atoms with Crippen molar-refractivity contribution in [3.63, 3.8) is 0 Å². The maximum atomic E-state index is 5.21. The molecule has 4 heterocycles. The lowest BCUT2D eigenvalue weighted by molar-refractivity contribution is 0.467. The molecule has 0 saturated carbocycles. The maximum Gasteiger partial charge on any atom is 0.0786 e. The van der Waals surface area contributed by atoms with Crippen LogP contribution in [-0.2, 0) is 5.41 Å². The molecule has 0 saturated heterocycles. The summed E-state index contributed by atoms with van der Waals surface area (Å²) < 4.78 is 4.94. The van der Waals surface area contributed by atoms with Gasteiger partial charge < -0.3 is 14.0 Å². The Morgan fingerprint density at radius 2 is 1.03 bits per heavy atom. The first kappa shape index (κ1) is 35.1. The average molecular weight is 795 g/mol. The molecule has 8 aromatic carbocycles. The van der Waals surface area contributed by atoms with Crippen LogP contribution in [0.15, 0.2) is 194 Å². The van der Waals surface area contributed by atoms with Crippen LogP contribution in [-0.4, -0.2) is 20.7 Å². The highest BCUT2D eigenvalue weighted by Crippen LogP contribution is 2.54. The second kappa shape index (κ2) is 13.2. The number of benzene rings is 8. The minimum absolute atomic E-state index is 0.0173. The lowest BCUT2D eigenvalue weighted by atomic mass is 9.74. The van der Waals surface area contributed by atoms with Gasteiger partial charge in [0.05, 0.1) is 33.4 Å². The summed E-state index contributed by atoms with van der Waals surface area (Å²) in [6.07, 6.45) is 3.01. The summed E-state index contributed by atoms with van der Waals surface area (Å²) >= 11 is 0. The number of hydrogen-bond acceptors (Lipinski definition) is 2. The van der Waals surface area contributed by atoms with Crippen LogP contribution in [0.3, 0.4) is 0 Å². The van der Waals surface area contributed by atoms with Crippen LogP contribution < -0.4 is 4.90 Å². The van der Waals surface area contributed by atoms with Gasteiger partial charge in [0, 0.05) is 68.0 Å².